The molecular weight excluding hydrogens is 366 g/mol. The van der Waals surface area contributed by atoms with Gasteiger partial charge in [0.05, 0.1) is 4.90 Å². The van der Waals surface area contributed by atoms with Gasteiger partial charge in [-0.3, -0.25) is 10.0 Å². The molecule has 27 heavy (non-hydrogen) atoms. The van der Waals surface area contributed by atoms with Crippen LogP contribution in [0.3, 0.4) is 0 Å². The van der Waals surface area contributed by atoms with Crippen molar-refractivity contribution in [3.05, 3.63) is 71.9 Å². The normalized spacial score (nSPS) is 11.9. The van der Waals surface area contributed by atoms with Crippen LogP contribution in [0.5, 0.6) is 0 Å². The minimum atomic E-state index is -3.61. The minimum Gasteiger partial charge on any atom is -0.361 e. The van der Waals surface area contributed by atoms with Gasteiger partial charge in [0.25, 0.3) is 5.91 Å². The molecule has 0 fully saturated rings. The Balaban J connectivity index is 1.60. The first-order valence-electron chi connectivity index (χ1n) is 8.26. The largest absolute Gasteiger partial charge is 0.361 e. The van der Waals surface area contributed by atoms with Gasteiger partial charge in [0, 0.05) is 24.3 Å². The molecule has 1 heterocycles. The van der Waals surface area contributed by atoms with Crippen molar-refractivity contribution in [1.82, 2.24) is 15.2 Å². The molecule has 3 aromatic rings. The van der Waals surface area contributed by atoms with Gasteiger partial charge in [-0.15, -0.1) is 0 Å². The van der Waals surface area contributed by atoms with Crippen molar-refractivity contribution in [2.45, 2.75) is 11.3 Å². The van der Waals surface area contributed by atoms with Gasteiger partial charge < -0.3 is 4.98 Å². The van der Waals surface area contributed by atoms with Crippen LogP contribution in [0.1, 0.15) is 11.1 Å². The molecule has 0 radical (unpaired) electrons. The van der Waals surface area contributed by atoms with Crippen LogP contribution in [0.4, 0.5) is 0 Å². The van der Waals surface area contributed by atoms with Gasteiger partial charge in [-0.1, -0.05) is 18.2 Å². The zero-order valence-electron chi connectivity index (χ0n) is 14.3. The Hall–Kier alpha value is -2.94. The number of rotatable bonds is 7. The molecule has 0 saturated heterocycles. The molecule has 1 aromatic heterocycles. The highest BCUT2D eigenvalue weighted by Gasteiger charge is 2.13. The van der Waals surface area contributed by atoms with Gasteiger partial charge in [0.15, 0.2) is 0 Å². The number of aromatic nitrogens is 1. The molecule has 8 heteroatoms. The number of aromatic amines is 1. The number of nitrogens with one attached hydrogen (secondary N) is 3. The summed E-state index contributed by atoms with van der Waals surface area (Å²) in [6, 6.07) is 14.0. The maximum atomic E-state index is 12.4. The molecule has 4 N–H and O–H groups in total. The van der Waals surface area contributed by atoms with Crippen molar-refractivity contribution in [2.24, 2.45) is 0 Å². The van der Waals surface area contributed by atoms with Crippen LogP contribution in [0.25, 0.3) is 17.0 Å². The maximum Gasteiger partial charge on any atom is 0.267 e. The Morgan fingerprint density at radius 3 is 2.63 bits per heavy atom. The Morgan fingerprint density at radius 1 is 1.11 bits per heavy atom. The highest BCUT2D eigenvalue weighted by atomic mass is 32.2. The standard InChI is InChI=1S/C19H19N3O4S/c23-19(22-24)8-4-14-1-5-17(6-2-14)27(25,26)21-12-9-15-3-7-18-16(13-15)10-11-20-18/h1-8,10-11,13,20-21,24H,9,12H2,(H,22,23)/b8-4+. The third kappa shape index (κ3) is 4.82. The van der Waals surface area contributed by atoms with Gasteiger partial charge in [-0.2, -0.15) is 0 Å². The summed E-state index contributed by atoms with van der Waals surface area (Å²) in [6.45, 7) is 0.288. The molecular formula is C19H19N3O4S. The van der Waals surface area contributed by atoms with Crippen molar-refractivity contribution < 1.29 is 18.4 Å². The van der Waals surface area contributed by atoms with E-state index >= 15 is 0 Å². The molecule has 7 nitrogen and oxygen atoms in total. The quantitative estimate of drug-likeness (QED) is 0.284. The summed E-state index contributed by atoms with van der Waals surface area (Å²) in [7, 11) is -3.61. The fourth-order valence-electron chi connectivity index (χ4n) is 2.64. The van der Waals surface area contributed by atoms with E-state index in [2.05, 4.69) is 9.71 Å². The zero-order valence-corrected chi connectivity index (χ0v) is 15.2. The van der Waals surface area contributed by atoms with Crippen LogP contribution >= 0.6 is 0 Å². The number of hydroxylamine groups is 1. The summed E-state index contributed by atoms with van der Waals surface area (Å²) in [5, 5.41) is 9.52. The Bertz CT molecular complexity index is 1070. The molecule has 0 aliphatic carbocycles. The van der Waals surface area contributed by atoms with E-state index in [1.807, 2.05) is 30.5 Å². The molecule has 0 aliphatic heterocycles. The van der Waals surface area contributed by atoms with E-state index in [4.69, 9.17) is 5.21 Å². The summed E-state index contributed by atoms with van der Waals surface area (Å²) < 4.78 is 27.4. The number of sulfonamides is 1. The second-order valence-corrected chi connectivity index (χ2v) is 7.69. The number of carbonyl (C=O) groups excluding carboxylic acids is 1. The molecule has 2 aromatic carbocycles. The van der Waals surface area contributed by atoms with E-state index in [0.29, 0.717) is 12.0 Å². The van der Waals surface area contributed by atoms with Gasteiger partial charge in [0.2, 0.25) is 10.0 Å². The minimum absolute atomic E-state index is 0.146. The predicted octanol–water partition coefficient (Wildman–Crippen LogP) is 2.21. The number of hydrogen-bond donors (Lipinski definition) is 4. The number of amides is 1. The van der Waals surface area contributed by atoms with Crippen LogP contribution in [-0.4, -0.2) is 31.1 Å². The number of fused-ring (bicyclic) bond motifs is 1. The number of benzene rings is 2. The second kappa shape index (κ2) is 8.17. The molecule has 1 amide bonds. The van der Waals surface area contributed by atoms with Crippen molar-refractivity contribution in [3.8, 4) is 0 Å². The smallest absolute Gasteiger partial charge is 0.267 e. The molecule has 0 saturated carbocycles. The third-order valence-corrected chi connectivity index (χ3v) is 5.53. The summed E-state index contributed by atoms with van der Waals surface area (Å²) in [6.07, 6.45) is 5.05. The van der Waals surface area contributed by atoms with Crippen molar-refractivity contribution in [2.75, 3.05) is 6.54 Å². The molecule has 140 valence electrons. The Morgan fingerprint density at radius 2 is 1.89 bits per heavy atom. The first-order chi connectivity index (χ1) is 13.0. The lowest BCUT2D eigenvalue weighted by molar-refractivity contribution is -0.124. The second-order valence-electron chi connectivity index (χ2n) is 5.93. The monoisotopic (exact) mass is 385 g/mol. The fraction of sp³-hybridized carbons (Fsp3) is 0.105. The summed E-state index contributed by atoms with van der Waals surface area (Å²) in [5.74, 6) is -0.661. The zero-order chi connectivity index (χ0) is 19.3. The predicted molar refractivity (Wildman–Crippen MR) is 103 cm³/mol. The highest BCUT2D eigenvalue weighted by Crippen LogP contribution is 2.15. The van der Waals surface area contributed by atoms with Crippen LogP contribution < -0.4 is 10.2 Å². The van der Waals surface area contributed by atoms with Crippen molar-refractivity contribution in [3.63, 3.8) is 0 Å². The number of H-pyrrole nitrogens is 1. The van der Waals surface area contributed by atoms with Crippen LogP contribution in [-0.2, 0) is 21.2 Å². The van der Waals surface area contributed by atoms with Gasteiger partial charge in [0.1, 0.15) is 0 Å². The first-order valence-corrected chi connectivity index (χ1v) is 9.74. The van der Waals surface area contributed by atoms with Gasteiger partial charge in [-0.05, 0) is 59.3 Å². The molecule has 0 unspecified atom stereocenters. The topological polar surface area (TPSA) is 111 Å². The van der Waals surface area contributed by atoms with E-state index in [9.17, 15) is 13.2 Å². The Labute approximate surface area is 156 Å². The fourth-order valence-corrected chi connectivity index (χ4v) is 3.67. The molecule has 0 atom stereocenters. The molecule has 0 aliphatic rings. The lowest BCUT2D eigenvalue weighted by Gasteiger charge is -2.07. The van der Waals surface area contributed by atoms with E-state index in [-0.39, 0.29) is 11.4 Å². The van der Waals surface area contributed by atoms with Crippen molar-refractivity contribution in [1.29, 1.82) is 0 Å². The molecule has 3 rings (SSSR count). The van der Waals surface area contributed by atoms with E-state index in [1.165, 1.54) is 23.7 Å². The SMILES string of the molecule is O=C(/C=C/c1ccc(S(=O)(=O)NCCc2ccc3[nH]ccc3c2)cc1)NO. The lowest BCUT2D eigenvalue weighted by atomic mass is 10.1. The number of hydrogen-bond acceptors (Lipinski definition) is 4. The van der Waals surface area contributed by atoms with Gasteiger partial charge >= 0.3 is 0 Å². The van der Waals surface area contributed by atoms with Crippen LogP contribution in [0, 0.1) is 0 Å². The molecule has 0 bridgehead atoms. The average Bonchev–Trinajstić information content (AvgIpc) is 3.14. The van der Waals surface area contributed by atoms with E-state index < -0.39 is 15.9 Å². The average molecular weight is 385 g/mol. The van der Waals surface area contributed by atoms with Gasteiger partial charge in [-0.25, -0.2) is 18.6 Å². The number of carbonyl (C=O) groups is 1. The Kier molecular flexibility index (Phi) is 5.70. The molecule has 0 spiro atoms. The summed E-state index contributed by atoms with van der Waals surface area (Å²) in [5.41, 5.74) is 4.21. The summed E-state index contributed by atoms with van der Waals surface area (Å²) >= 11 is 0. The maximum absolute atomic E-state index is 12.4. The van der Waals surface area contributed by atoms with E-state index in [0.717, 1.165) is 22.5 Å². The van der Waals surface area contributed by atoms with Crippen molar-refractivity contribution >= 4 is 32.9 Å². The lowest BCUT2D eigenvalue weighted by Crippen LogP contribution is -2.26. The third-order valence-electron chi connectivity index (χ3n) is 4.05. The summed E-state index contributed by atoms with van der Waals surface area (Å²) in [4.78, 5) is 14.2. The highest BCUT2D eigenvalue weighted by molar-refractivity contribution is 7.89. The first kappa shape index (κ1) is 18.8. The van der Waals surface area contributed by atoms with E-state index in [1.54, 1.807) is 12.1 Å². The van der Waals surface area contributed by atoms with Crippen LogP contribution in [0.15, 0.2) is 65.7 Å². The van der Waals surface area contributed by atoms with Crippen LogP contribution in [0.2, 0.25) is 0 Å².